The highest BCUT2D eigenvalue weighted by Gasteiger charge is 2.28. The summed E-state index contributed by atoms with van der Waals surface area (Å²) in [6, 6.07) is -0.206. The number of hydrogen-bond acceptors (Lipinski definition) is 3. The molecule has 5 heteroatoms. The number of nitrogens with one attached hydrogen (secondary N) is 1. The Bertz CT molecular complexity index is 394. The van der Waals surface area contributed by atoms with E-state index < -0.39 is 0 Å². The van der Waals surface area contributed by atoms with Crippen LogP contribution < -0.4 is 10.2 Å². The first-order valence-corrected chi connectivity index (χ1v) is 4.66. The number of likely N-dealkylation sites (N-methyl/N-ethyl adjacent to an activating group) is 1. The third-order valence-electron chi connectivity index (χ3n) is 2.44. The fraction of sp³-hybridized carbons (Fsp3) is 0.333. The quantitative estimate of drug-likeness (QED) is 0.708. The Balaban J connectivity index is 2.56. The molecule has 0 saturated heterocycles. The second-order valence-electron chi connectivity index (χ2n) is 3.29. The van der Waals surface area contributed by atoms with Crippen molar-refractivity contribution in [2.45, 2.75) is 13.0 Å². The van der Waals surface area contributed by atoms with Gasteiger partial charge in [-0.1, -0.05) is 11.6 Å². The fourth-order valence-corrected chi connectivity index (χ4v) is 1.78. The largest absolute Gasteiger partial charge is 0.360 e. The summed E-state index contributed by atoms with van der Waals surface area (Å²) in [5.74, 6) is -0.0379. The topological polar surface area (TPSA) is 45.2 Å². The van der Waals surface area contributed by atoms with Crippen molar-refractivity contribution in [1.82, 2.24) is 4.98 Å². The number of pyridine rings is 1. The van der Waals surface area contributed by atoms with Crippen molar-refractivity contribution in [2.24, 2.45) is 0 Å². The number of hydrogen-bond donors (Lipinski definition) is 1. The highest BCUT2D eigenvalue weighted by molar-refractivity contribution is 6.34. The Kier molecular flexibility index (Phi) is 2.07. The maximum absolute atomic E-state index is 11.5. The van der Waals surface area contributed by atoms with Crippen molar-refractivity contribution in [2.75, 3.05) is 17.3 Å². The Labute approximate surface area is 86.9 Å². The van der Waals surface area contributed by atoms with Crippen LogP contribution in [0.25, 0.3) is 0 Å². The number of aromatic nitrogens is 1. The minimum Gasteiger partial charge on any atom is -0.360 e. The van der Waals surface area contributed by atoms with Gasteiger partial charge < -0.3 is 10.2 Å². The van der Waals surface area contributed by atoms with E-state index in [0.717, 1.165) is 5.69 Å². The molecule has 74 valence electrons. The van der Waals surface area contributed by atoms with E-state index in [1.165, 1.54) is 0 Å². The van der Waals surface area contributed by atoms with Crippen LogP contribution in [-0.4, -0.2) is 24.0 Å². The normalized spacial score (nSPS) is 20.4. The molecule has 1 amide bonds. The van der Waals surface area contributed by atoms with E-state index in [2.05, 4.69) is 10.3 Å². The molecule has 14 heavy (non-hydrogen) atoms. The molecule has 0 aromatic carbocycles. The minimum absolute atomic E-state index is 0.0379. The molecule has 1 aliphatic heterocycles. The molecule has 1 aromatic rings. The van der Waals surface area contributed by atoms with Gasteiger partial charge in [0.2, 0.25) is 5.91 Å². The highest BCUT2D eigenvalue weighted by atomic mass is 35.5. The third-order valence-corrected chi connectivity index (χ3v) is 2.72. The second kappa shape index (κ2) is 3.13. The summed E-state index contributed by atoms with van der Waals surface area (Å²) >= 11 is 5.99. The van der Waals surface area contributed by atoms with Crippen LogP contribution in [-0.2, 0) is 4.79 Å². The number of rotatable bonds is 0. The molecule has 1 atom stereocenters. The van der Waals surface area contributed by atoms with Gasteiger partial charge in [-0.2, -0.15) is 0 Å². The molecule has 1 aliphatic rings. The van der Waals surface area contributed by atoms with Gasteiger partial charge in [0.25, 0.3) is 0 Å². The first kappa shape index (κ1) is 9.27. The van der Waals surface area contributed by atoms with Crippen molar-refractivity contribution >= 4 is 28.9 Å². The van der Waals surface area contributed by atoms with E-state index in [4.69, 9.17) is 11.6 Å². The summed E-state index contributed by atoms with van der Waals surface area (Å²) in [4.78, 5) is 17.2. The predicted octanol–water partition coefficient (Wildman–Crippen LogP) is 1.51. The molecule has 1 unspecified atom stereocenters. The molecular weight excluding hydrogens is 202 g/mol. The van der Waals surface area contributed by atoms with E-state index in [1.807, 2.05) is 18.9 Å². The standard InChI is InChI=1S/C9H10ClN3O/c1-5-9(14)12-7-4-11-3-6(10)8(7)13(5)2/h3-5H,1-2H3,(H,12,14). The van der Waals surface area contributed by atoms with Gasteiger partial charge in [0.1, 0.15) is 6.04 Å². The molecule has 1 N–H and O–H groups in total. The SMILES string of the molecule is CC1C(=O)Nc2cncc(Cl)c2N1C. The molecule has 0 bridgehead atoms. The van der Waals surface area contributed by atoms with E-state index in [-0.39, 0.29) is 11.9 Å². The van der Waals surface area contributed by atoms with Crippen LogP contribution in [0.1, 0.15) is 6.92 Å². The van der Waals surface area contributed by atoms with E-state index in [9.17, 15) is 4.79 Å². The molecule has 4 nitrogen and oxygen atoms in total. The van der Waals surface area contributed by atoms with Crippen molar-refractivity contribution in [3.8, 4) is 0 Å². The molecule has 1 aromatic heterocycles. The number of nitrogens with zero attached hydrogens (tertiary/aromatic N) is 2. The number of carbonyl (C=O) groups is 1. The molecule has 0 aliphatic carbocycles. The molecule has 2 heterocycles. The van der Waals surface area contributed by atoms with Crippen molar-refractivity contribution in [3.05, 3.63) is 17.4 Å². The number of fused-ring (bicyclic) bond motifs is 1. The van der Waals surface area contributed by atoms with Gasteiger partial charge >= 0.3 is 0 Å². The number of carbonyl (C=O) groups excluding carboxylic acids is 1. The second-order valence-corrected chi connectivity index (χ2v) is 3.70. The summed E-state index contributed by atoms with van der Waals surface area (Å²) < 4.78 is 0. The molecular formula is C9H10ClN3O. The van der Waals surface area contributed by atoms with Gasteiger partial charge in [-0.25, -0.2) is 0 Å². The summed E-state index contributed by atoms with van der Waals surface area (Å²) in [5, 5.41) is 3.31. The van der Waals surface area contributed by atoms with Crippen LogP contribution in [0.5, 0.6) is 0 Å². The van der Waals surface area contributed by atoms with Crippen LogP contribution in [0.15, 0.2) is 12.4 Å². The average molecular weight is 212 g/mol. The van der Waals surface area contributed by atoms with Gasteiger partial charge in [-0.3, -0.25) is 9.78 Å². The third kappa shape index (κ3) is 1.23. The lowest BCUT2D eigenvalue weighted by atomic mass is 10.1. The molecule has 2 rings (SSSR count). The summed E-state index contributed by atoms with van der Waals surface area (Å²) in [5.41, 5.74) is 1.50. The molecule has 0 radical (unpaired) electrons. The van der Waals surface area contributed by atoms with E-state index in [1.54, 1.807) is 12.4 Å². The Morgan fingerprint density at radius 2 is 2.29 bits per heavy atom. The number of amides is 1. The zero-order valence-corrected chi connectivity index (χ0v) is 8.67. The van der Waals surface area contributed by atoms with Gasteiger partial charge in [-0.05, 0) is 6.92 Å². The predicted molar refractivity (Wildman–Crippen MR) is 55.7 cm³/mol. The van der Waals surface area contributed by atoms with Crippen molar-refractivity contribution < 1.29 is 4.79 Å². The van der Waals surface area contributed by atoms with Gasteiger partial charge in [0.05, 0.1) is 22.6 Å². The summed E-state index contributed by atoms with van der Waals surface area (Å²) in [6.45, 7) is 1.83. The summed E-state index contributed by atoms with van der Waals surface area (Å²) in [6.07, 6.45) is 3.17. The van der Waals surface area contributed by atoms with Crippen LogP contribution in [0.2, 0.25) is 5.02 Å². The van der Waals surface area contributed by atoms with Gasteiger partial charge in [0, 0.05) is 13.2 Å². The zero-order chi connectivity index (χ0) is 10.3. The molecule has 0 fully saturated rings. The Hall–Kier alpha value is -1.29. The van der Waals surface area contributed by atoms with Crippen LogP contribution in [0, 0.1) is 0 Å². The molecule has 0 spiro atoms. The Morgan fingerprint density at radius 3 is 3.00 bits per heavy atom. The first-order chi connectivity index (χ1) is 6.61. The smallest absolute Gasteiger partial charge is 0.246 e. The van der Waals surface area contributed by atoms with E-state index >= 15 is 0 Å². The lowest BCUT2D eigenvalue weighted by Gasteiger charge is -2.33. The number of halogens is 1. The number of anilines is 2. The average Bonchev–Trinajstić information content (AvgIpc) is 2.14. The maximum atomic E-state index is 11.5. The molecule has 0 saturated carbocycles. The maximum Gasteiger partial charge on any atom is 0.246 e. The van der Waals surface area contributed by atoms with Crippen molar-refractivity contribution in [1.29, 1.82) is 0 Å². The van der Waals surface area contributed by atoms with Crippen LogP contribution in [0.4, 0.5) is 11.4 Å². The first-order valence-electron chi connectivity index (χ1n) is 4.28. The minimum atomic E-state index is -0.206. The summed E-state index contributed by atoms with van der Waals surface area (Å²) in [7, 11) is 1.84. The lowest BCUT2D eigenvalue weighted by Crippen LogP contribution is -2.44. The van der Waals surface area contributed by atoms with Gasteiger partial charge in [0.15, 0.2) is 0 Å². The Morgan fingerprint density at radius 1 is 1.57 bits per heavy atom. The van der Waals surface area contributed by atoms with E-state index in [0.29, 0.717) is 10.7 Å². The zero-order valence-electron chi connectivity index (χ0n) is 7.91. The van der Waals surface area contributed by atoms with Crippen molar-refractivity contribution in [3.63, 3.8) is 0 Å². The van der Waals surface area contributed by atoms with Crippen LogP contribution in [0.3, 0.4) is 0 Å². The monoisotopic (exact) mass is 211 g/mol. The fourth-order valence-electron chi connectivity index (χ4n) is 1.48. The van der Waals surface area contributed by atoms with Crippen LogP contribution >= 0.6 is 11.6 Å². The van der Waals surface area contributed by atoms with Gasteiger partial charge in [-0.15, -0.1) is 0 Å². The highest BCUT2D eigenvalue weighted by Crippen LogP contribution is 2.36. The lowest BCUT2D eigenvalue weighted by molar-refractivity contribution is -0.117.